The summed E-state index contributed by atoms with van der Waals surface area (Å²) < 4.78 is 10.0. The van der Waals surface area contributed by atoms with E-state index < -0.39 is 18.0 Å². The highest BCUT2D eigenvalue weighted by atomic mass is 16.5. The number of amides is 1. The van der Waals surface area contributed by atoms with Gasteiger partial charge in [-0.25, -0.2) is 9.59 Å². The van der Waals surface area contributed by atoms with Crippen molar-refractivity contribution in [2.75, 3.05) is 13.7 Å². The van der Waals surface area contributed by atoms with Crippen molar-refractivity contribution >= 4 is 39.4 Å². The normalized spacial score (nSPS) is 16.6. The van der Waals surface area contributed by atoms with Crippen LogP contribution in [0.15, 0.2) is 48.5 Å². The highest BCUT2D eigenvalue weighted by Gasteiger charge is 2.28. The third-order valence-electron chi connectivity index (χ3n) is 5.02. The first kappa shape index (κ1) is 18.0. The number of hydrogen-bond donors (Lipinski definition) is 1. The molecule has 0 aliphatic carbocycles. The molecule has 3 aromatic rings. The number of cyclic esters (lactones) is 1. The van der Waals surface area contributed by atoms with Crippen molar-refractivity contribution in [2.24, 2.45) is 0 Å². The van der Waals surface area contributed by atoms with E-state index in [2.05, 4.69) is 5.32 Å². The monoisotopic (exact) mass is 377 g/mol. The topological polar surface area (TPSA) is 81.7 Å². The first-order chi connectivity index (χ1) is 13.6. The minimum absolute atomic E-state index is 0.368. The van der Waals surface area contributed by atoms with Gasteiger partial charge >= 0.3 is 11.9 Å². The fourth-order valence-corrected chi connectivity index (χ4v) is 3.74. The van der Waals surface area contributed by atoms with Crippen LogP contribution >= 0.6 is 0 Å². The molecule has 6 nitrogen and oxygen atoms in total. The Morgan fingerprint density at radius 2 is 1.50 bits per heavy atom. The molecule has 1 N–H and O–H groups in total. The van der Waals surface area contributed by atoms with Gasteiger partial charge in [0.2, 0.25) is 0 Å². The molecule has 1 heterocycles. The average Bonchev–Trinajstić information content (AvgIpc) is 2.72. The highest BCUT2D eigenvalue weighted by Crippen LogP contribution is 2.33. The Bertz CT molecular complexity index is 1050. The molecule has 0 aromatic heterocycles. The van der Waals surface area contributed by atoms with Crippen molar-refractivity contribution in [3.05, 3.63) is 59.7 Å². The summed E-state index contributed by atoms with van der Waals surface area (Å²) in [7, 11) is 1.33. The van der Waals surface area contributed by atoms with E-state index in [4.69, 9.17) is 9.47 Å². The van der Waals surface area contributed by atoms with E-state index in [1.165, 1.54) is 7.11 Å². The van der Waals surface area contributed by atoms with Crippen LogP contribution in [-0.4, -0.2) is 37.6 Å². The summed E-state index contributed by atoms with van der Waals surface area (Å²) in [5.41, 5.74) is 0.847. The van der Waals surface area contributed by atoms with Gasteiger partial charge in [-0.1, -0.05) is 48.5 Å². The van der Waals surface area contributed by atoms with Crippen LogP contribution in [0.4, 0.5) is 0 Å². The smallest absolute Gasteiger partial charge is 0.339 e. The maximum absolute atomic E-state index is 13.2. The molecule has 1 aliphatic heterocycles. The van der Waals surface area contributed by atoms with Gasteiger partial charge in [0.25, 0.3) is 5.91 Å². The van der Waals surface area contributed by atoms with Crippen LogP contribution in [0.1, 0.15) is 33.6 Å². The van der Waals surface area contributed by atoms with Gasteiger partial charge < -0.3 is 14.8 Å². The molecule has 1 amide bonds. The van der Waals surface area contributed by atoms with Crippen LogP contribution in [0, 0.1) is 0 Å². The molecule has 4 rings (SSSR count). The number of methoxy groups -OCH3 is 1. The van der Waals surface area contributed by atoms with Gasteiger partial charge in [-0.05, 0) is 34.4 Å². The summed E-state index contributed by atoms with van der Waals surface area (Å²) in [6, 6.07) is 13.7. The summed E-state index contributed by atoms with van der Waals surface area (Å²) in [5, 5.41) is 5.32. The minimum Gasteiger partial charge on any atom is -0.465 e. The first-order valence-corrected chi connectivity index (χ1v) is 9.11. The second kappa shape index (κ2) is 7.31. The lowest BCUT2D eigenvalue weighted by atomic mass is 9.91. The summed E-state index contributed by atoms with van der Waals surface area (Å²) in [6.45, 7) is 0.380. The Morgan fingerprint density at radius 3 is 2.00 bits per heavy atom. The summed E-state index contributed by atoms with van der Waals surface area (Å²) in [6.07, 6.45) is 1.25. The zero-order chi connectivity index (χ0) is 19.7. The largest absolute Gasteiger partial charge is 0.465 e. The van der Waals surface area contributed by atoms with Crippen molar-refractivity contribution in [2.45, 2.75) is 18.9 Å². The molecule has 0 spiro atoms. The third kappa shape index (κ3) is 2.97. The lowest BCUT2D eigenvalue weighted by Gasteiger charge is -2.23. The van der Waals surface area contributed by atoms with E-state index in [9.17, 15) is 14.4 Å². The highest BCUT2D eigenvalue weighted by molar-refractivity contribution is 6.25. The van der Waals surface area contributed by atoms with E-state index in [1.807, 2.05) is 24.3 Å². The van der Waals surface area contributed by atoms with Gasteiger partial charge in [0.05, 0.1) is 24.8 Å². The third-order valence-corrected chi connectivity index (χ3v) is 5.02. The fourth-order valence-electron chi connectivity index (χ4n) is 3.74. The lowest BCUT2D eigenvalue weighted by molar-refractivity contribution is -0.149. The van der Waals surface area contributed by atoms with Gasteiger partial charge in [-0.15, -0.1) is 0 Å². The summed E-state index contributed by atoms with van der Waals surface area (Å²) >= 11 is 0. The van der Waals surface area contributed by atoms with Gasteiger partial charge in [0, 0.05) is 0 Å². The van der Waals surface area contributed by atoms with E-state index in [1.54, 1.807) is 24.3 Å². The molecule has 1 unspecified atom stereocenters. The number of ether oxygens (including phenoxy) is 2. The second-order valence-electron chi connectivity index (χ2n) is 6.67. The van der Waals surface area contributed by atoms with Crippen LogP contribution in [-0.2, 0) is 14.3 Å². The van der Waals surface area contributed by atoms with Crippen molar-refractivity contribution in [3.8, 4) is 0 Å². The van der Waals surface area contributed by atoms with E-state index in [0.717, 1.165) is 0 Å². The van der Waals surface area contributed by atoms with Crippen LogP contribution in [0.25, 0.3) is 21.5 Å². The number of esters is 2. The van der Waals surface area contributed by atoms with E-state index >= 15 is 0 Å². The van der Waals surface area contributed by atoms with Crippen molar-refractivity contribution < 1.29 is 23.9 Å². The predicted molar refractivity (Wildman–Crippen MR) is 104 cm³/mol. The molecule has 0 radical (unpaired) electrons. The Balaban J connectivity index is 1.93. The molecule has 1 atom stereocenters. The van der Waals surface area contributed by atoms with Crippen LogP contribution in [0.5, 0.6) is 0 Å². The van der Waals surface area contributed by atoms with Crippen molar-refractivity contribution in [3.63, 3.8) is 0 Å². The molecule has 3 aromatic carbocycles. The number of fused-ring (bicyclic) bond motifs is 2. The summed E-state index contributed by atoms with van der Waals surface area (Å²) in [4.78, 5) is 37.7. The number of benzene rings is 3. The number of carbonyl (C=O) groups is 3. The van der Waals surface area contributed by atoms with Crippen LogP contribution in [0.3, 0.4) is 0 Å². The SMILES string of the molecule is COC(=O)c1c2ccccc2c(C(=O)NC2CCCOC2=O)c2ccccc12. The lowest BCUT2D eigenvalue weighted by Crippen LogP contribution is -2.44. The van der Waals surface area contributed by atoms with Crippen molar-refractivity contribution in [1.29, 1.82) is 0 Å². The van der Waals surface area contributed by atoms with Gasteiger partial charge in [-0.2, -0.15) is 0 Å². The average molecular weight is 377 g/mol. The Morgan fingerprint density at radius 1 is 0.964 bits per heavy atom. The predicted octanol–water partition coefficient (Wildman–Crippen LogP) is 3.22. The van der Waals surface area contributed by atoms with Crippen LogP contribution in [0.2, 0.25) is 0 Å². The number of nitrogens with one attached hydrogen (secondary N) is 1. The van der Waals surface area contributed by atoms with Crippen molar-refractivity contribution in [1.82, 2.24) is 5.32 Å². The molecule has 1 saturated heterocycles. The van der Waals surface area contributed by atoms with Gasteiger partial charge in [0.15, 0.2) is 0 Å². The zero-order valence-corrected chi connectivity index (χ0v) is 15.4. The second-order valence-corrected chi connectivity index (χ2v) is 6.67. The standard InChI is InChI=1S/C22H19NO5/c1-27-22(26)19-15-9-4-2-7-13(15)18(14-8-3-5-10-16(14)19)20(24)23-17-11-6-12-28-21(17)25/h2-5,7-10,17H,6,11-12H2,1H3,(H,23,24). The van der Waals surface area contributed by atoms with Gasteiger partial charge in [0.1, 0.15) is 6.04 Å². The van der Waals surface area contributed by atoms with E-state index in [-0.39, 0.29) is 5.91 Å². The molecule has 28 heavy (non-hydrogen) atoms. The maximum atomic E-state index is 13.2. The molecular formula is C22H19NO5. The first-order valence-electron chi connectivity index (χ1n) is 9.11. The number of carbonyl (C=O) groups excluding carboxylic acids is 3. The maximum Gasteiger partial charge on any atom is 0.339 e. The zero-order valence-electron chi connectivity index (χ0n) is 15.4. The van der Waals surface area contributed by atoms with Gasteiger partial charge in [-0.3, -0.25) is 4.79 Å². The Hall–Kier alpha value is -3.41. The Kier molecular flexibility index (Phi) is 4.69. The number of hydrogen-bond acceptors (Lipinski definition) is 5. The molecular weight excluding hydrogens is 358 g/mol. The molecule has 0 saturated carbocycles. The fraction of sp³-hybridized carbons (Fsp3) is 0.227. The number of rotatable bonds is 3. The molecule has 0 bridgehead atoms. The molecule has 142 valence electrons. The summed E-state index contributed by atoms with van der Waals surface area (Å²) in [5.74, 6) is -1.25. The Labute approximate surface area is 161 Å². The molecule has 1 fully saturated rings. The quantitative estimate of drug-likeness (QED) is 0.560. The van der Waals surface area contributed by atoms with E-state index in [0.29, 0.717) is 52.1 Å². The molecule has 6 heteroatoms. The molecule has 1 aliphatic rings. The van der Waals surface area contributed by atoms with Crippen LogP contribution < -0.4 is 5.32 Å². The minimum atomic E-state index is -0.668.